The maximum absolute atomic E-state index is 6.04. The summed E-state index contributed by atoms with van der Waals surface area (Å²) in [5.74, 6) is 5.66. The van der Waals surface area contributed by atoms with Crippen LogP contribution in [0.2, 0.25) is 5.02 Å². The number of nitrogens with two attached hydrogens (primary N) is 1. The van der Waals surface area contributed by atoms with E-state index in [2.05, 4.69) is 17.3 Å². The van der Waals surface area contributed by atoms with E-state index in [-0.39, 0.29) is 6.04 Å². The Morgan fingerprint density at radius 3 is 2.89 bits per heavy atom. The van der Waals surface area contributed by atoms with Crippen molar-refractivity contribution in [2.24, 2.45) is 5.84 Å². The van der Waals surface area contributed by atoms with Crippen molar-refractivity contribution in [3.05, 3.63) is 64.4 Å². The first-order valence-electron chi connectivity index (χ1n) is 5.82. The van der Waals surface area contributed by atoms with E-state index in [9.17, 15) is 0 Å². The number of benzene rings is 1. The predicted molar refractivity (Wildman–Crippen MR) is 74.2 cm³/mol. The molecule has 0 spiro atoms. The molecule has 1 unspecified atom stereocenters. The third kappa shape index (κ3) is 3.07. The summed E-state index contributed by atoms with van der Waals surface area (Å²) >= 11 is 6.04. The number of hydrogen-bond acceptors (Lipinski definition) is 3. The van der Waals surface area contributed by atoms with E-state index in [4.69, 9.17) is 17.4 Å². The highest BCUT2D eigenvalue weighted by Gasteiger charge is 2.13. The minimum absolute atomic E-state index is 0.0351. The lowest BCUT2D eigenvalue weighted by Gasteiger charge is -2.18. The summed E-state index contributed by atoms with van der Waals surface area (Å²) in [7, 11) is 0. The van der Waals surface area contributed by atoms with E-state index < -0.39 is 0 Å². The SMILES string of the molecule is Cc1ccc(Cl)cc1C(Cc1cccnc1)NN. The molecule has 2 rings (SSSR count). The number of aryl methyl sites for hydroxylation is 1. The van der Waals surface area contributed by atoms with Crippen LogP contribution in [0.15, 0.2) is 42.7 Å². The highest BCUT2D eigenvalue weighted by atomic mass is 35.5. The third-order valence-electron chi connectivity index (χ3n) is 2.98. The van der Waals surface area contributed by atoms with Crippen molar-refractivity contribution in [3.8, 4) is 0 Å². The van der Waals surface area contributed by atoms with Gasteiger partial charge in [0.2, 0.25) is 0 Å². The molecule has 0 bridgehead atoms. The third-order valence-corrected chi connectivity index (χ3v) is 3.22. The predicted octanol–water partition coefficient (Wildman–Crippen LogP) is 2.79. The van der Waals surface area contributed by atoms with Gasteiger partial charge in [-0.3, -0.25) is 16.3 Å². The first-order chi connectivity index (χ1) is 8.70. The molecule has 3 N–H and O–H groups in total. The highest BCUT2D eigenvalue weighted by molar-refractivity contribution is 6.30. The Kier molecular flexibility index (Phi) is 4.31. The Balaban J connectivity index is 2.26. The summed E-state index contributed by atoms with van der Waals surface area (Å²) in [5.41, 5.74) is 6.28. The van der Waals surface area contributed by atoms with E-state index in [0.717, 1.165) is 22.6 Å². The van der Waals surface area contributed by atoms with Crippen molar-refractivity contribution in [3.63, 3.8) is 0 Å². The van der Waals surface area contributed by atoms with Crippen LogP contribution < -0.4 is 11.3 Å². The average Bonchev–Trinajstić information content (AvgIpc) is 2.40. The van der Waals surface area contributed by atoms with Crippen LogP contribution in [-0.2, 0) is 6.42 Å². The van der Waals surface area contributed by atoms with Crippen LogP contribution in [0, 0.1) is 6.92 Å². The van der Waals surface area contributed by atoms with Crippen LogP contribution in [0.3, 0.4) is 0 Å². The van der Waals surface area contributed by atoms with E-state index in [1.807, 2.05) is 36.5 Å². The number of nitrogens with zero attached hydrogens (tertiary/aromatic N) is 1. The van der Waals surface area contributed by atoms with Gasteiger partial charge < -0.3 is 0 Å². The largest absolute Gasteiger partial charge is 0.271 e. The monoisotopic (exact) mass is 261 g/mol. The molecule has 2 aromatic rings. The van der Waals surface area contributed by atoms with Gasteiger partial charge in [0.05, 0.1) is 6.04 Å². The minimum atomic E-state index is 0.0351. The second-order valence-electron chi connectivity index (χ2n) is 4.29. The zero-order chi connectivity index (χ0) is 13.0. The van der Waals surface area contributed by atoms with Crippen molar-refractivity contribution in [2.75, 3.05) is 0 Å². The van der Waals surface area contributed by atoms with Gasteiger partial charge in [0.1, 0.15) is 0 Å². The fourth-order valence-corrected chi connectivity index (χ4v) is 2.18. The summed E-state index contributed by atoms with van der Waals surface area (Å²) in [6.07, 6.45) is 4.40. The first kappa shape index (κ1) is 13.0. The molecule has 3 nitrogen and oxygen atoms in total. The molecule has 0 fully saturated rings. The summed E-state index contributed by atoms with van der Waals surface area (Å²) in [6, 6.07) is 9.85. The van der Waals surface area contributed by atoms with Gasteiger partial charge in [-0.25, -0.2) is 0 Å². The quantitative estimate of drug-likeness (QED) is 0.657. The number of nitrogens with one attached hydrogen (secondary N) is 1. The Morgan fingerprint density at radius 2 is 2.22 bits per heavy atom. The van der Waals surface area contributed by atoms with Crippen molar-refractivity contribution >= 4 is 11.6 Å². The molecule has 1 aromatic carbocycles. The van der Waals surface area contributed by atoms with Crippen molar-refractivity contribution in [1.29, 1.82) is 0 Å². The summed E-state index contributed by atoms with van der Waals surface area (Å²) in [4.78, 5) is 4.11. The van der Waals surface area contributed by atoms with E-state index >= 15 is 0 Å². The number of rotatable bonds is 4. The first-order valence-corrected chi connectivity index (χ1v) is 6.19. The van der Waals surface area contributed by atoms with E-state index in [1.165, 1.54) is 5.56 Å². The Hall–Kier alpha value is -1.42. The fourth-order valence-electron chi connectivity index (χ4n) is 2.00. The molecule has 1 heterocycles. The average molecular weight is 262 g/mol. The fraction of sp³-hybridized carbons (Fsp3) is 0.214. The molecule has 0 radical (unpaired) electrons. The van der Waals surface area contributed by atoms with Crippen LogP contribution in [0.5, 0.6) is 0 Å². The molecule has 1 aromatic heterocycles. The molecule has 18 heavy (non-hydrogen) atoms. The van der Waals surface area contributed by atoms with Crippen LogP contribution in [0.4, 0.5) is 0 Å². The smallest absolute Gasteiger partial charge is 0.0503 e. The van der Waals surface area contributed by atoms with Gasteiger partial charge in [0.15, 0.2) is 0 Å². The zero-order valence-electron chi connectivity index (χ0n) is 10.2. The van der Waals surface area contributed by atoms with Crippen molar-refractivity contribution < 1.29 is 0 Å². The van der Waals surface area contributed by atoms with Crippen LogP contribution in [0.25, 0.3) is 0 Å². The van der Waals surface area contributed by atoms with Crippen molar-refractivity contribution in [1.82, 2.24) is 10.4 Å². The van der Waals surface area contributed by atoms with E-state index in [0.29, 0.717) is 0 Å². The molecular weight excluding hydrogens is 246 g/mol. The zero-order valence-corrected chi connectivity index (χ0v) is 11.0. The van der Waals surface area contributed by atoms with Crippen LogP contribution in [-0.4, -0.2) is 4.98 Å². The van der Waals surface area contributed by atoms with Gasteiger partial charge in [-0.1, -0.05) is 23.7 Å². The van der Waals surface area contributed by atoms with Crippen LogP contribution in [0.1, 0.15) is 22.7 Å². The summed E-state index contributed by atoms with van der Waals surface area (Å²) in [6.45, 7) is 2.05. The van der Waals surface area contributed by atoms with Gasteiger partial charge in [-0.15, -0.1) is 0 Å². The molecule has 0 saturated carbocycles. The molecule has 94 valence electrons. The number of aromatic nitrogens is 1. The number of pyridine rings is 1. The highest BCUT2D eigenvalue weighted by Crippen LogP contribution is 2.24. The number of halogens is 1. The molecule has 0 amide bonds. The summed E-state index contributed by atoms with van der Waals surface area (Å²) in [5, 5.41) is 0.724. The lowest BCUT2D eigenvalue weighted by atomic mass is 9.96. The van der Waals surface area contributed by atoms with Gasteiger partial charge in [-0.2, -0.15) is 0 Å². The lowest BCUT2D eigenvalue weighted by molar-refractivity contribution is 0.549. The standard InChI is InChI=1S/C14H16ClN3/c1-10-4-5-12(15)8-13(10)14(18-16)7-11-3-2-6-17-9-11/h2-6,8-9,14,18H,7,16H2,1H3. The molecule has 0 aliphatic rings. The van der Waals surface area contributed by atoms with Crippen molar-refractivity contribution in [2.45, 2.75) is 19.4 Å². The number of hydrogen-bond donors (Lipinski definition) is 2. The molecular formula is C14H16ClN3. The minimum Gasteiger partial charge on any atom is -0.271 e. The van der Waals surface area contributed by atoms with Gasteiger partial charge >= 0.3 is 0 Å². The molecule has 0 saturated heterocycles. The normalized spacial score (nSPS) is 12.4. The molecule has 0 aliphatic carbocycles. The van der Waals surface area contributed by atoms with Gasteiger partial charge in [0, 0.05) is 17.4 Å². The summed E-state index contributed by atoms with van der Waals surface area (Å²) < 4.78 is 0. The maximum Gasteiger partial charge on any atom is 0.0503 e. The molecule has 0 aliphatic heterocycles. The van der Waals surface area contributed by atoms with Gasteiger partial charge in [-0.05, 0) is 48.2 Å². The molecule has 4 heteroatoms. The second kappa shape index (κ2) is 5.96. The Bertz CT molecular complexity index is 514. The van der Waals surface area contributed by atoms with Gasteiger partial charge in [0.25, 0.3) is 0 Å². The second-order valence-corrected chi connectivity index (χ2v) is 4.72. The Morgan fingerprint density at radius 1 is 1.39 bits per heavy atom. The molecule has 1 atom stereocenters. The lowest BCUT2D eigenvalue weighted by Crippen LogP contribution is -2.30. The Labute approximate surface area is 112 Å². The van der Waals surface area contributed by atoms with E-state index in [1.54, 1.807) is 6.20 Å². The maximum atomic E-state index is 6.04. The topological polar surface area (TPSA) is 50.9 Å². The van der Waals surface area contributed by atoms with Crippen LogP contribution >= 0.6 is 11.6 Å². The number of hydrazine groups is 1.